The summed E-state index contributed by atoms with van der Waals surface area (Å²) < 4.78 is 7.09. The van der Waals surface area contributed by atoms with Gasteiger partial charge in [0.2, 0.25) is 5.91 Å². The van der Waals surface area contributed by atoms with Gasteiger partial charge >= 0.3 is 5.97 Å². The number of hydrogen-bond acceptors (Lipinski definition) is 3. The van der Waals surface area contributed by atoms with E-state index in [-0.39, 0.29) is 18.9 Å². The quantitative estimate of drug-likeness (QED) is 0.580. The number of carboxylic acids is 1. The molecule has 0 aliphatic rings. The Morgan fingerprint density at radius 3 is 2.37 bits per heavy atom. The van der Waals surface area contributed by atoms with Gasteiger partial charge in [-0.15, -0.1) is 0 Å². The van der Waals surface area contributed by atoms with Crippen molar-refractivity contribution in [2.24, 2.45) is 0 Å². The van der Waals surface area contributed by atoms with Crippen LogP contribution in [0.15, 0.2) is 54.6 Å². The molecule has 3 aromatic rings. The van der Waals surface area contributed by atoms with Crippen LogP contribution < -0.4 is 10.1 Å². The molecule has 30 heavy (non-hydrogen) atoms. The number of ether oxygens (including phenoxy) is 1. The molecule has 0 fully saturated rings. The summed E-state index contributed by atoms with van der Waals surface area (Å²) in [5.74, 6) is -0.287. The Hall–Kier alpha value is -3.54. The highest BCUT2D eigenvalue weighted by molar-refractivity contribution is 5.91. The molecule has 0 saturated carbocycles. The van der Waals surface area contributed by atoms with E-state index in [1.807, 2.05) is 73.0 Å². The van der Waals surface area contributed by atoms with Crippen LogP contribution in [0.4, 0.5) is 5.69 Å². The third kappa shape index (κ3) is 5.08. The van der Waals surface area contributed by atoms with Crippen molar-refractivity contribution in [3.8, 4) is 17.0 Å². The lowest BCUT2D eigenvalue weighted by molar-refractivity contribution is -0.137. The van der Waals surface area contributed by atoms with E-state index in [1.165, 1.54) is 0 Å². The van der Waals surface area contributed by atoms with Crippen molar-refractivity contribution in [2.75, 3.05) is 12.4 Å². The van der Waals surface area contributed by atoms with Gasteiger partial charge in [0.15, 0.2) is 0 Å². The van der Waals surface area contributed by atoms with Crippen LogP contribution in [0.3, 0.4) is 0 Å². The maximum absolute atomic E-state index is 12.8. The summed E-state index contributed by atoms with van der Waals surface area (Å²) in [5.41, 5.74) is 5.60. The first-order chi connectivity index (χ1) is 14.4. The van der Waals surface area contributed by atoms with Crippen LogP contribution in [0.2, 0.25) is 0 Å². The second kappa shape index (κ2) is 9.31. The van der Waals surface area contributed by atoms with Gasteiger partial charge in [-0.3, -0.25) is 9.59 Å². The van der Waals surface area contributed by atoms with Gasteiger partial charge in [-0.25, -0.2) is 0 Å². The molecule has 0 bridgehead atoms. The standard InChI is InChI=1S/C24H26N2O4/c1-16-4-7-19(14-17(16)2)25-23(27)15-26-20(9-13-24(28)29)8-12-22(26)18-5-10-21(30-3)11-6-18/h4-8,10-12,14H,9,13,15H2,1-3H3,(H,25,27)(H,28,29). The zero-order chi connectivity index (χ0) is 21.7. The Labute approximate surface area is 176 Å². The number of carbonyl (C=O) groups excluding carboxylic acids is 1. The van der Waals surface area contributed by atoms with E-state index in [0.717, 1.165) is 39.5 Å². The van der Waals surface area contributed by atoms with Crippen LogP contribution in [-0.2, 0) is 22.6 Å². The second-order valence-electron chi connectivity index (χ2n) is 7.27. The number of anilines is 1. The van der Waals surface area contributed by atoms with E-state index < -0.39 is 5.97 Å². The predicted octanol–water partition coefficient (Wildman–Crippen LogP) is 4.44. The number of nitrogens with one attached hydrogen (secondary N) is 1. The topological polar surface area (TPSA) is 80.6 Å². The molecule has 0 aliphatic carbocycles. The van der Waals surface area contributed by atoms with E-state index in [9.17, 15) is 9.59 Å². The third-order valence-corrected chi connectivity index (χ3v) is 5.14. The summed E-state index contributed by atoms with van der Waals surface area (Å²) in [6.45, 7) is 4.12. The Bertz CT molecular complexity index is 1050. The lowest BCUT2D eigenvalue weighted by Gasteiger charge is -2.14. The monoisotopic (exact) mass is 406 g/mol. The predicted molar refractivity (Wildman–Crippen MR) is 117 cm³/mol. The van der Waals surface area contributed by atoms with Gasteiger partial charge in [-0.1, -0.05) is 6.07 Å². The molecule has 0 spiro atoms. The normalized spacial score (nSPS) is 10.6. The van der Waals surface area contributed by atoms with E-state index in [2.05, 4.69) is 5.32 Å². The molecule has 0 saturated heterocycles. The molecule has 3 rings (SSSR count). The van der Waals surface area contributed by atoms with Gasteiger partial charge in [0.1, 0.15) is 12.3 Å². The van der Waals surface area contributed by atoms with Crippen LogP contribution in [-0.4, -0.2) is 28.7 Å². The zero-order valence-corrected chi connectivity index (χ0v) is 17.4. The minimum atomic E-state index is -0.867. The first-order valence-electron chi connectivity index (χ1n) is 9.79. The van der Waals surface area contributed by atoms with Crippen molar-refractivity contribution < 1.29 is 19.4 Å². The number of amides is 1. The smallest absolute Gasteiger partial charge is 0.303 e. The van der Waals surface area contributed by atoms with E-state index >= 15 is 0 Å². The molecule has 1 aromatic heterocycles. The first-order valence-corrected chi connectivity index (χ1v) is 9.79. The minimum absolute atomic E-state index is 0.00480. The number of aryl methyl sites for hydroxylation is 3. The number of carboxylic acid groups (broad SMARTS) is 1. The number of hydrogen-bond donors (Lipinski definition) is 2. The van der Waals surface area contributed by atoms with Crippen LogP contribution in [0.1, 0.15) is 23.2 Å². The minimum Gasteiger partial charge on any atom is -0.497 e. The average Bonchev–Trinajstić information content (AvgIpc) is 3.11. The molecule has 156 valence electrons. The van der Waals surface area contributed by atoms with E-state index in [4.69, 9.17) is 9.84 Å². The molecule has 6 heteroatoms. The van der Waals surface area contributed by atoms with Gasteiger partial charge in [0, 0.05) is 17.1 Å². The van der Waals surface area contributed by atoms with Crippen molar-refractivity contribution in [1.82, 2.24) is 4.57 Å². The van der Waals surface area contributed by atoms with Crippen molar-refractivity contribution in [1.29, 1.82) is 0 Å². The molecule has 2 aromatic carbocycles. The summed E-state index contributed by atoms with van der Waals surface area (Å²) in [7, 11) is 1.61. The number of carbonyl (C=O) groups is 2. The first kappa shape index (κ1) is 21.2. The van der Waals surface area contributed by atoms with Gasteiger partial charge in [0.25, 0.3) is 0 Å². The van der Waals surface area contributed by atoms with Crippen LogP contribution in [0, 0.1) is 13.8 Å². The highest BCUT2D eigenvalue weighted by Crippen LogP contribution is 2.26. The Balaban J connectivity index is 1.87. The SMILES string of the molecule is COc1ccc(-c2ccc(CCC(=O)O)n2CC(=O)Nc2ccc(C)c(C)c2)cc1. The number of rotatable bonds is 8. The third-order valence-electron chi connectivity index (χ3n) is 5.14. The van der Waals surface area contributed by atoms with Crippen LogP contribution in [0.5, 0.6) is 5.75 Å². The molecule has 1 heterocycles. The molecule has 0 unspecified atom stereocenters. The van der Waals surface area contributed by atoms with Crippen molar-refractivity contribution in [2.45, 2.75) is 33.2 Å². The Morgan fingerprint density at radius 2 is 1.73 bits per heavy atom. The largest absolute Gasteiger partial charge is 0.497 e. The summed E-state index contributed by atoms with van der Waals surface area (Å²) in [6.07, 6.45) is 0.354. The maximum Gasteiger partial charge on any atom is 0.303 e. The lowest BCUT2D eigenvalue weighted by atomic mass is 10.1. The van der Waals surface area contributed by atoms with Crippen LogP contribution >= 0.6 is 0 Å². The van der Waals surface area contributed by atoms with E-state index in [0.29, 0.717) is 6.42 Å². The van der Waals surface area contributed by atoms with Gasteiger partial charge < -0.3 is 19.7 Å². The van der Waals surface area contributed by atoms with Crippen molar-refractivity contribution >= 4 is 17.6 Å². The molecule has 2 N–H and O–H groups in total. The summed E-state index contributed by atoms with van der Waals surface area (Å²) in [5, 5.41) is 12.0. The highest BCUT2D eigenvalue weighted by atomic mass is 16.5. The summed E-state index contributed by atoms with van der Waals surface area (Å²) in [4.78, 5) is 23.8. The fourth-order valence-electron chi connectivity index (χ4n) is 3.33. The average molecular weight is 406 g/mol. The molecule has 0 radical (unpaired) electrons. The molecule has 0 aliphatic heterocycles. The maximum atomic E-state index is 12.8. The molecule has 1 amide bonds. The van der Waals surface area contributed by atoms with Crippen molar-refractivity contribution in [3.63, 3.8) is 0 Å². The summed E-state index contributed by atoms with van der Waals surface area (Å²) in [6, 6.07) is 17.2. The number of nitrogens with zero attached hydrogens (tertiary/aromatic N) is 1. The van der Waals surface area contributed by atoms with Gasteiger partial charge in [-0.05, 0) is 85.5 Å². The molecule has 6 nitrogen and oxygen atoms in total. The van der Waals surface area contributed by atoms with Gasteiger partial charge in [-0.2, -0.15) is 0 Å². The van der Waals surface area contributed by atoms with Crippen LogP contribution in [0.25, 0.3) is 11.3 Å². The van der Waals surface area contributed by atoms with E-state index in [1.54, 1.807) is 7.11 Å². The molecule has 0 atom stereocenters. The Morgan fingerprint density at radius 1 is 1.00 bits per heavy atom. The Kier molecular flexibility index (Phi) is 6.57. The molecular weight excluding hydrogens is 380 g/mol. The number of benzene rings is 2. The lowest BCUT2D eigenvalue weighted by Crippen LogP contribution is -2.21. The molecular formula is C24H26N2O4. The number of aliphatic carboxylic acids is 1. The zero-order valence-electron chi connectivity index (χ0n) is 17.4. The summed E-state index contributed by atoms with van der Waals surface area (Å²) >= 11 is 0. The second-order valence-corrected chi connectivity index (χ2v) is 7.27. The fraction of sp³-hybridized carbons (Fsp3) is 0.250. The highest BCUT2D eigenvalue weighted by Gasteiger charge is 2.15. The van der Waals surface area contributed by atoms with Crippen molar-refractivity contribution in [3.05, 3.63) is 71.4 Å². The fourth-order valence-corrected chi connectivity index (χ4v) is 3.33. The number of aromatic nitrogens is 1. The van der Waals surface area contributed by atoms with Gasteiger partial charge in [0.05, 0.1) is 13.5 Å². The number of methoxy groups -OCH3 is 1.